The third-order valence-corrected chi connectivity index (χ3v) is 3.44. The topological polar surface area (TPSA) is 44.8 Å². The van der Waals surface area contributed by atoms with Crippen molar-refractivity contribution in [1.29, 1.82) is 0 Å². The van der Waals surface area contributed by atoms with Crippen LogP contribution in [0.1, 0.15) is 15.9 Å². The Bertz CT molecular complexity index is 650. The molecule has 0 unspecified atom stereocenters. The highest BCUT2D eigenvalue weighted by Crippen LogP contribution is 2.37. The van der Waals surface area contributed by atoms with E-state index in [2.05, 4.69) is 0 Å². The molecule has 0 radical (unpaired) electrons. The van der Waals surface area contributed by atoms with Gasteiger partial charge < -0.3 is 14.2 Å². The van der Waals surface area contributed by atoms with E-state index in [1.54, 1.807) is 43.5 Å². The van der Waals surface area contributed by atoms with Crippen LogP contribution >= 0.6 is 11.6 Å². The Hall–Kier alpha value is -2.20. The van der Waals surface area contributed by atoms with Gasteiger partial charge in [-0.2, -0.15) is 0 Å². The summed E-state index contributed by atoms with van der Waals surface area (Å²) in [7, 11) is 4.54. The van der Waals surface area contributed by atoms with Crippen molar-refractivity contribution >= 4 is 17.4 Å². The lowest BCUT2D eigenvalue weighted by Gasteiger charge is -2.12. The Morgan fingerprint density at radius 3 is 2.10 bits per heavy atom. The number of halogens is 1. The fourth-order valence-corrected chi connectivity index (χ4v) is 2.29. The molecule has 0 atom stereocenters. The van der Waals surface area contributed by atoms with Gasteiger partial charge in [0.2, 0.25) is 0 Å². The Balaban J connectivity index is 2.45. The highest BCUT2D eigenvalue weighted by molar-refractivity contribution is 6.34. The Morgan fingerprint density at radius 1 is 0.905 bits per heavy atom. The molecule has 0 saturated heterocycles. The van der Waals surface area contributed by atoms with Crippen LogP contribution in [0.4, 0.5) is 0 Å². The number of rotatable bonds is 5. The van der Waals surface area contributed by atoms with Gasteiger partial charge in [-0.15, -0.1) is 0 Å². The van der Waals surface area contributed by atoms with Crippen molar-refractivity contribution in [2.24, 2.45) is 0 Å². The van der Waals surface area contributed by atoms with E-state index < -0.39 is 0 Å². The maximum Gasteiger partial charge on any atom is 0.196 e. The van der Waals surface area contributed by atoms with E-state index in [1.807, 2.05) is 0 Å². The summed E-state index contributed by atoms with van der Waals surface area (Å²) in [5, 5.41) is 0.277. The summed E-state index contributed by atoms with van der Waals surface area (Å²) in [6.45, 7) is 0. The zero-order chi connectivity index (χ0) is 15.4. The molecule has 0 amide bonds. The molecular weight excluding hydrogens is 292 g/mol. The first kappa shape index (κ1) is 15.2. The Labute approximate surface area is 128 Å². The smallest absolute Gasteiger partial charge is 0.196 e. The van der Waals surface area contributed by atoms with Crippen LogP contribution in [-0.2, 0) is 0 Å². The molecule has 0 N–H and O–H groups in total. The highest BCUT2D eigenvalue weighted by atomic mass is 35.5. The molecule has 0 fully saturated rings. The summed E-state index contributed by atoms with van der Waals surface area (Å²) < 4.78 is 15.4. The van der Waals surface area contributed by atoms with Gasteiger partial charge in [-0.05, 0) is 36.4 Å². The molecule has 0 aromatic heterocycles. The van der Waals surface area contributed by atoms with E-state index in [9.17, 15) is 4.79 Å². The second kappa shape index (κ2) is 6.50. The molecule has 0 bridgehead atoms. The number of carbonyl (C=O) groups excluding carboxylic acids is 1. The zero-order valence-electron chi connectivity index (χ0n) is 12.0. The van der Waals surface area contributed by atoms with Gasteiger partial charge in [0.1, 0.15) is 16.5 Å². The van der Waals surface area contributed by atoms with Crippen LogP contribution < -0.4 is 14.2 Å². The second-order valence-electron chi connectivity index (χ2n) is 4.22. The van der Waals surface area contributed by atoms with Gasteiger partial charge in [0, 0.05) is 5.56 Å². The first-order valence-electron chi connectivity index (χ1n) is 6.21. The normalized spacial score (nSPS) is 10.1. The summed E-state index contributed by atoms with van der Waals surface area (Å²) in [6.07, 6.45) is 0. The largest absolute Gasteiger partial charge is 0.497 e. The van der Waals surface area contributed by atoms with Gasteiger partial charge in [0.05, 0.1) is 26.9 Å². The van der Waals surface area contributed by atoms with Gasteiger partial charge in [-0.3, -0.25) is 4.79 Å². The van der Waals surface area contributed by atoms with Crippen LogP contribution in [-0.4, -0.2) is 27.1 Å². The third-order valence-electron chi connectivity index (χ3n) is 3.08. The number of benzene rings is 2. The molecule has 110 valence electrons. The fraction of sp³-hybridized carbons (Fsp3) is 0.188. The molecule has 0 saturated carbocycles. The van der Waals surface area contributed by atoms with E-state index in [-0.39, 0.29) is 10.8 Å². The Morgan fingerprint density at radius 2 is 1.57 bits per heavy atom. The van der Waals surface area contributed by atoms with Crippen LogP contribution in [0.5, 0.6) is 17.2 Å². The minimum Gasteiger partial charge on any atom is -0.497 e. The van der Waals surface area contributed by atoms with Crippen LogP contribution in [0.2, 0.25) is 5.02 Å². The summed E-state index contributed by atoms with van der Waals surface area (Å²) in [4.78, 5) is 12.6. The molecule has 2 rings (SSSR count). The number of hydrogen-bond acceptors (Lipinski definition) is 4. The molecule has 0 aliphatic carbocycles. The predicted octanol–water partition coefficient (Wildman–Crippen LogP) is 3.60. The SMILES string of the molecule is COc1ccc(C(=O)c2ccc(OC)c(Cl)c2OC)cc1. The minimum absolute atomic E-state index is 0.181. The quantitative estimate of drug-likeness (QED) is 0.792. The van der Waals surface area contributed by atoms with Gasteiger partial charge in [-0.1, -0.05) is 11.6 Å². The summed E-state index contributed by atoms with van der Waals surface area (Å²) >= 11 is 6.17. The standard InChI is InChI=1S/C16H15ClO4/c1-19-11-6-4-10(5-7-11)15(18)12-8-9-13(20-2)14(17)16(12)21-3/h4-9H,1-3H3. The van der Waals surface area contributed by atoms with E-state index in [1.165, 1.54) is 14.2 Å². The molecule has 21 heavy (non-hydrogen) atoms. The van der Waals surface area contributed by atoms with Crippen molar-refractivity contribution in [3.8, 4) is 17.2 Å². The van der Waals surface area contributed by atoms with Crippen LogP contribution in [0.15, 0.2) is 36.4 Å². The molecule has 0 aliphatic rings. The minimum atomic E-state index is -0.181. The average Bonchev–Trinajstić information content (AvgIpc) is 2.54. The lowest BCUT2D eigenvalue weighted by atomic mass is 10.0. The molecule has 2 aromatic carbocycles. The lowest BCUT2D eigenvalue weighted by Crippen LogP contribution is -2.05. The molecule has 4 nitrogen and oxygen atoms in total. The van der Waals surface area contributed by atoms with E-state index in [4.69, 9.17) is 25.8 Å². The van der Waals surface area contributed by atoms with Crippen LogP contribution in [0.25, 0.3) is 0 Å². The summed E-state index contributed by atoms with van der Waals surface area (Å²) in [5.41, 5.74) is 0.906. The molecule has 0 spiro atoms. The molecular formula is C16H15ClO4. The Kier molecular flexibility index (Phi) is 4.70. The molecule has 5 heteroatoms. The van der Waals surface area contributed by atoms with E-state index in [0.29, 0.717) is 28.4 Å². The summed E-state index contributed by atoms with van der Waals surface area (Å²) in [5.74, 6) is 1.27. The molecule has 0 heterocycles. The molecule has 2 aromatic rings. The monoisotopic (exact) mass is 306 g/mol. The van der Waals surface area contributed by atoms with Crippen molar-refractivity contribution < 1.29 is 19.0 Å². The van der Waals surface area contributed by atoms with Gasteiger partial charge in [-0.25, -0.2) is 0 Å². The lowest BCUT2D eigenvalue weighted by molar-refractivity contribution is 0.103. The number of methoxy groups -OCH3 is 3. The maximum absolute atomic E-state index is 12.6. The van der Waals surface area contributed by atoms with Crippen molar-refractivity contribution in [2.75, 3.05) is 21.3 Å². The fourth-order valence-electron chi connectivity index (χ4n) is 1.97. The van der Waals surface area contributed by atoms with Crippen molar-refractivity contribution in [2.45, 2.75) is 0 Å². The number of ketones is 1. The van der Waals surface area contributed by atoms with E-state index >= 15 is 0 Å². The van der Waals surface area contributed by atoms with Gasteiger partial charge in [0.25, 0.3) is 0 Å². The number of carbonyl (C=O) groups is 1. The predicted molar refractivity (Wildman–Crippen MR) is 81.0 cm³/mol. The maximum atomic E-state index is 12.6. The van der Waals surface area contributed by atoms with Crippen molar-refractivity contribution in [3.05, 3.63) is 52.5 Å². The van der Waals surface area contributed by atoms with Crippen molar-refractivity contribution in [1.82, 2.24) is 0 Å². The second-order valence-corrected chi connectivity index (χ2v) is 4.60. The van der Waals surface area contributed by atoms with Crippen molar-refractivity contribution in [3.63, 3.8) is 0 Å². The van der Waals surface area contributed by atoms with Gasteiger partial charge >= 0.3 is 0 Å². The van der Waals surface area contributed by atoms with Crippen LogP contribution in [0, 0.1) is 0 Å². The first-order chi connectivity index (χ1) is 10.1. The zero-order valence-corrected chi connectivity index (χ0v) is 12.7. The van der Waals surface area contributed by atoms with Crippen LogP contribution in [0.3, 0.4) is 0 Å². The molecule has 0 aliphatic heterocycles. The first-order valence-corrected chi connectivity index (χ1v) is 6.59. The van der Waals surface area contributed by atoms with E-state index in [0.717, 1.165) is 0 Å². The third kappa shape index (κ3) is 2.95. The number of ether oxygens (including phenoxy) is 3. The summed E-state index contributed by atoms with van der Waals surface area (Å²) in [6, 6.07) is 10.1. The van der Waals surface area contributed by atoms with Gasteiger partial charge in [0.15, 0.2) is 11.5 Å². The highest BCUT2D eigenvalue weighted by Gasteiger charge is 2.19. The number of hydrogen-bond donors (Lipinski definition) is 0. The average molecular weight is 307 g/mol.